The van der Waals surface area contributed by atoms with Crippen molar-refractivity contribution in [3.05, 3.63) is 23.3 Å². The summed E-state index contributed by atoms with van der Waals surface area (Å²) in [7, 11) is 0. The van der Waals surface area contributed by atoms with E-state index in [1.54, 1.807) is 0 Å². The second-order valence-corrected chi connectivity index (χ2v) is 5.65. The number of nitrogen functional groups attached to an aromatic ring is 1. The first-order valence-electron chi connectivity index (χ1n) is 7.57. The van der Waals surface area contributed by atoms with Crippen LogP contribution in [0.3, 0.4) is 0 Å². The summed E-state index contributed by atoms with van der Waals surface area (Å²) in [6.07, 6.45) is 8.72. The number of fused-ring (bicyclic) bond motifs is 2. The first-order valence-corrected chi connectivity index (χ1v) is 7.57. The molecule has 3 heteroatoms. The molecule has 0 spiro atoms. The van der Waals surface area contributed by atoms with Gasteiger partial charge in [0.15, 0.2) is 0 Å². The number of aryl methyl sites for hydroxylation is 3. The van der Waals surface area contributed by atoms with Crippen LogP contribution in [-0.4, -0.2) is 9.55 Å². The largest absolute Gasteiger partial charge is 0.369 e. The van der Waals surface area contributed by atoms with Crippen molar-refractivity contribution in [2.75, 3.05) is 5.73 Å². The smallest absolute Gasteiger partial charge is 0.201 e. The van der Waals surface area contributed by atoms with Crippen molar-refractivity contribution in [2.45, 2.75) is 58.4 Å². The number of hydrogen-bond donors (Lipinski definition) is 1. The molecule has 0 fully saturated rings. The van der Waals surface area contributed by atoms with Crippen LogP contribution in [0.4, 0.5) is 5.95 Å². The average molecular weight is 257 g/mol. The van der Waals surface area contributed by atoms with Crippen LogP contribution >= 0.6 is 0 Å². The van der Waals surface area contributed by atoms with Gasteiger partial charge in [-0.05, 0) is 55.4 Å². The molecule has 0 unspecified atom stereocenters. The van der Waals surface area contributed by atoms with E-state index in [9.17, 15) is 0 Å². The van der Waals surface area contributed by atoms with E-state index < -0.39 is 0 Å². The Morgan fingerprint density at radius 1 is 1.16 bits per heavy atom. The molecule has 1 aliphatic rings. The van der Waals surface area contributed by atoms with Gasteiger partial charge in [0.05, 0.1) is 11.0 Å². The molecule has 2 aromatic rings. The maximum absolute atomic E-state index is 6.09. The van der Waals surface area contributed by atoms with Crippen LogP contribution in [0.25, 0.3) is 11.0 Å². The number of benzene rings is 1. The minimum Gasteiger partial charge on any atom is -0.369 e. The Bertz CT molecular complexity index is 583. The van der Waals surface area contributed by atoms with Crippen molar-refractivity contribution in [3.63, 3.8) is 0 Å². The van der Waals surface area contributed by atoms with E-state index in [1.165, 1.54) is 61.6 Å². The number of imidazole rings is 1. The molecular weight excluding hydrogens is 234 g/mol. The number of aromatic nitrogens is 2. The average Bonchev–Trinajstić information content (AvgIpc) is 2.72. The van der Waals surface area contributed by atoms with E-state index in [0.717, 1.165) is 12.1 Å². The van der Waals surface area contributed by atoms with Crippen LogP contribution in [-0.2, 0) is 19.4 Å². The van der Waals surface area contributed by atoms with Crippen LogP contribution in [0, 0.1) is 0 Å². The number of nitrogens with zero attached hydrogens (tertiary/aromatic N) is 2. The van der Waals surface area contributed by atoms with Gasteiger partial charge in [0.1, 0.15) is 0 Å². The normalized spacial score (nSPS) is 14.8. The zero-order valence-electron chi connectivity index (χ0n) is 11.8. The molecule has 1 aromatic heterocycles. The molecule has 2 N–H and O–H groups in total. The highest BCUT2D eigenvalue weighted by molar-refractivity contribution is 5.80. The maximum atomic E-state index is 6.09. The maximum Gasteiger partial charge on any atom is 0.201 e. The predicted molar refractivity (Wildman–Crippen MR) is 80.3 cm³/mol. The third-order valence-corrected chi connectivity index (χ3v) is 4.23. The molecule has 0 atom stereocenters. The van der Waals surface area contributed by atoms with Crippen LogP contribution in [0.15, 0.2) is 12.1 Å². The lowest BCUT2D eigenvalue weighted by Crippen LogP contribution is -2.05. The number of hydrogen-bond acceptors (Lipinski definition) is 2. The quantitative estimate of drug-likeness (QED) is 0.849. The van der Waals surface area contributed by atoms with E-state index in [2.05, 4.69) is 28.6 Å². The highest BCUT2D eigenvalue weighted by Crippen LogP contribution is 2.28. The summed E-state index contributed by atoms with van der Waals surface area (Å²) >= 11 is 0. The van der Waals surface area contributed by atoms with Gasteiger partial charge < -0.3 is 10.3 Å². The van der Waals surface area contributed by atoms with Crippen LogP contribution in [0.2, 0.25) is 0 Å². The van der Waals surface area contributed by atoms with Gasteiger partial charge >= 0.3 is 0 Å². The second-order valence-electron chi connectivity index (χ2n) is 5.65. The molecule has 0 bridgehead atoms. The van der Waals surface area contributed by atoms with Crippen LogP contribution in [0.5, 0.6) is 0 Å². The molecule has 0 saturated heterocycles. The monoisotopic (exact) mass is 257 g/mol. The van der Waals surface area contributed by atoms with Gasteiger partial charge in [-0.2, -0.15) is 0 Å². The van der Waals surface area contributed by atoms with Crippen molar-refractivity contribution >= 4 is 17.0 Å². The lowest BCUT2D eigenvalue weighted by Gasteiger charge is -2.15. The third kappa shape index (κ3) is 2.34. The SMILES string of the molecule is CCCCCn1c(N)nc2cc3c(cc21)CCCC3. The second kappa shape index (κ2) is 5.24. The predicted octanol–water partition coefficient (Wildman–Crippen LogP) is 3.69. The van der Waals surface area contributed by atoms with E-state index in [1.807, 2.05) is 0 Å². The minimum absolute atomic E-state index is 0.674. The molecule has 0 saturated carbocycles. The molecule has 3 nitrogen and oxygen atoms in total. The van der Waals surface area contributed by atoms with Crippen molar-refractivity contribution < 1.29 is 0 Å². The molecule has 3 rings (SSSR count). The van der Waals surface area contributed by atoms with E-state index in [0.29, 0.717) is 5.95 Å². The summed E-state index contributed by atoms with van der Waals surface area (Å²) in [6, 6.07) is 4.59. The Labute approximate surface area is 114 Å². The van der Waals surface area contributed by atoms with E-state index in [4.69, 9.17) is 5.73 Å². The van der Waals surface area contributed by atoms with Crippen LogP contribution < -0.4 is 5.73 Å². The van der Waals surface area contributed by atoms with Crippen LogP contribution in [0.1, 0.15) is 50.2 Å². The fourth-order valence-corrected chi connectivity index (χ4v) is 3.13. The summed E-state index contributed by atoms with van der Waals surface area (Å²) in [5.74, 6) is 0.674. The Morgan fingerprint density at radius 3 is 2.63 bits per heavy atom. The lowest BCUT2D eigenvalue weighted by molar-refractivity contribution is 0.618. The Balaban J connectivity index is 1.99. The molecular formula is C16H23N3. The molecule has 1 heterocycles. The van der Waals surface area contributed by atoms with E-state index >= 15 is 0 Å². The van der Waals surface area contributed by atoms with Gasteiger partial charge in [-0.25, -0.2) is 4.98 Å². The highest BCUT2D eigenvalue weighted by Gasteiger charge is 2.14. The Morgan fingerprint density at radius 2 is 1.89 bits per heavy atom. The van der Waals surface area contributed by atoms with Crippen molar-refractivity contribution in [2.24, 2.45) is 0 Å². The Kier molecular flexibility index (Phi) is 3.45. The molecule has 0 aliphatic heterocycles. The molecule has 1 aromatic carbocycles. The summed E-state index contributed by atoms with van der Waals surface area (Å²) in [6.45, 7) is 3.22. The van der Waals surface area contributed by atoms with Crippen molar-refractivity contribution in [1.29, 1.82) is 0 Å². The first-order chi connectivity index (χ1) is 9.29. The Hall–Kier alpha value is -1.51. The fraction of sp³-hybridized carbons (Fsp3) is 0.562. The summed E-state index contributed by atoms with van der Waals surface area (Å²) in [4.78, 5) is 4.54. The van der Waals surface area contributed by atoms with E-state index in [-0.39, 0.29) is 0 Å². The third-order valence-electron chi connectivity index (χ3n) is 4.23. The summed E-state index contributed by atoms with van der Waals surface area (Å²) in [5.41, 5.74) is 11.4. The number of unbranched alkanes of at least 4 members (excludes halogenated alkanes) is 2. The standard InChI is InChI=1S/C16H23N3/c1-2-3-6-9-19-15-11-13-8-5-4-7-12(13)10-14(15)18-16(19)17/h10-11H,2-9H2,1H3,(H2,17,18). The zero-order valence-corrected chi connectivity index (χ0v) is 11.8. The topological polar surface area (TPSA) is 43.8 Å². The molecule has 102 valence electrons. The number of anilines is 1. The zero-order chi connectivity index (χ0) is 13.2. The number of nitrogens with two attached hydrogens (primary N) is 1. The minimum atomic E-state index is 0.674. The van der Waals surface area contributed by atoms with Gasteiger partial charge in [-0.1, -0.05) is 19.8 Å². The molecule has 1 aliphatic carbocycles. The van der Waals surface area contributed by atoms with Crippen molar-refractivity contribution in [3.8, 4) is 0 Å². The van der Waals surface area contributed by atoms with Gasteiger partial charge in [-0.3, -0.25) is 0 Å². The van der Waals surface area contributed by atoms with Gasteiger partial charge in [0.2, 0.25) is 5.95 Å². The van der Waals surface area contributed by atoms with Crippen molar-refractivity contribution in [1.82, 2.24) is 9.55 Å². The highest BCUT2D eigenvalue weighted by atomic mass is 15.1. The fourth-order valence-electron chi connectivity index (χ4n) is 3.13. The summed E-state index contributed by atoms with van der Waals surface area (Å²) in [5, 5.41) is 0. The lowest BCUT2D eigenvalue weighted by atomic mass is 9.91. The van der Waals surface area contributed by atoms with Gasteiger partial charge in [0.25, 0.3) is 0 Å². The number of rotatable bonds is 4. The molecule has 19 heavy (non-hydrogen) atoms. The first kappa shape index (κ1) is 12.5. The molecule has 0 amide bonds. The van der Waals surface area contributed by atoms with Gasteiger partial charge in [-0.15, -0.1) is 0 Å². The summed E-state index contributed by atoms with van der Waals surface area (Å²) < 4.78 is 2.19. The van der Waals surface area contributed by atoms with Gasteiger partial charge in [0, 0.05) is 6.54 Å². The molecule has 0 radical (unpaired) electrons.